The normalized spacial score (nSPS) is 14.4. The average molecular weight is 447 g/mol. The Kier molecular flexibility index (Phi) is 7.51. The molecule has 1 N–H and O–H groups in total. The minimum absolute atomic E-state index is 0.00846. The summed E-state index contributed by atoms with van der Waals surface area (Å²) < 4.78 is 0. The fourth-order valence-electron chi connectivity index (χ4n) is 3.47. The van der Waals surface area contributed by atoms with Crippen molar-refractivity contribution in [2.75, 3.05) is 13.1 Å². The summed E-state index contributed by atoms with van der Waals surface area (Å²) in [4.78, 5) is 38.9. The molecular weight excluding hydrogens is 423 g/mol. The van der Waals surface area contributed by atoms with Gasteiger partial charge in [0.05, 0.1) is 10.6 Å². The fourth-order valence-corrected chi connectivity index (χ4v) is 3.84. The lowest BCUT2D eigenvalue weighted by Gasteiger charge is -2.32. The van der Waals surface area contributed by atoms with Crippen LogP contribution in [-0.4, -0.2) is 41.6 Å². The zero-order chi connectivity index (χ0) is 21.7. The zero-order valence-corrected chi connectivity index (χ0v) is 18.3. The highest BCUT2D eigenvalue weighted by atomic mass is 35.5. The Labute approximate surface area is 186 Å². The van der Waals surface area contributed by atoms with Gasteiger partial charge in [0.25, 0.3) is 5.91 Å². The van der Waals surface area contributed by atoms with Crippen LogP contribution in [0.2, 0.25) is 10.0 Å². The summed E-state index contributed by atoms with van der Waals surface area (Å²) in [6.07, 6.45) is 1.65. The van der Waals surface area contributed by atoms with Crippen LogP contribution in [-0.2, 0) is 4.79 Å². The molecule has 1 saturated heterocycles. The number of piperidine rings is 1. The molecule has 0 radical (unpaired) electrons. The Bertz CT molecular complexity index is 936. The molecule has 1 heterocycles. The van der Waals surface area contributed by atoms with Crippen LogP contribution in [0.1, 0.15) is 52.0 Å². The summed E-state index contributed by atoms with van der Waals surface area (Å²) in [5.74, 6) is -0.335. The van der Waals surface area contributed by atoms with E-state index in [4.69, 9.17) is 23.2 Å². The van der Waals surface area contributed by atoms with E-state index < -0.39 is 0 Å². The Hall–Kier alpha value is -2.37. The summed E-state index contributed by atoms with van der Waals surface area (Å²) in [7, 11) is 0. The first kappa shape index (κ1) is 22.3. The van der Waals surface area contributed by atoms with E-state index in [1.54, 1.807) is 35.2 Å². The van der Waals surface area contributed by atoms with Gasteiger partial charge in [-0.15, -0.1) is 0 Å². The summed E-state index contributed by atoms with van der Waals surface area (Å²) in [6, 6.07) is 12.2. The fraction of sp³-hybridized carbons (Fsp3) is 0.348. The summed E-state index contributed by atoms with van der Waals surface area (Å²) in [6.45, 7) is 3.01. The molecule has 30 heavy (non-hydrogen) atoms. The third-order valence-electron chi connectivity index (χ3n) is 5.26. The van der Waals surface area contributed by atoms with Crippen molar-refractivity contribution < 1.29 is 14.4 Å². The van der Waals surface area contributed by atoms with Gasteiger partial charge in [-0.25, -0.2) is 0 Å². The number of Topliss-reactive ketones (excluding diaryl/α,β-unsaturated/α-hetero) is 1. The van der Waals surface area contributed by atoms with Gasteiger partial charge in [0.1, 0.15) is 0 Å². The maximum atomic E-state index is 12.7. The van der Waals surface area contributed by atoms with E-state index in [0.29, 0.717) is 47.1 Å². The Balaban J connectivity index is 1.44. The molecule has 0 unspecified atom stereocenters. The molecule has 0 aromatic heterocycles. The van der Waals surface area contributed by atoms with Crippen molar-refractivity contribution in [2.24, 2.45) is 0 Å². The van der Waals surface area contributed by atoms with Crippen molar-refractivity contribution in [2.45, 2.75) is 38.6 Å². The molecule has 158 valence electrons. The van der Waals surface area contributed by atoms with Crippen molar-refractivity contribution in [3.63, 3.8) is 0 Å². The molecule has 0 bridgehead atoms. The smallest absolute Gasteiger partial charge is 0.255 e. The lowest BCUT2D eigenvalue weighted by Crippen LogP contribution is -2.46. The largest absolute Gasteiger partial charge is 0.353 e. The van der Waals surface area contributed by atoms with E-state index in [2.05, 4.69) is 5.32 Å². The second-order valence-electron chi connectivity index (χ2n) is 7.55. The quantitative estimate of drug-likeness (QED) is 0.654. The first-order valence-electron chi connectivity index (χ1n) is 9.97. The van der Waals surface area contributed by atoms with Gasteiger partial charge in [0, 0.05) is 42.6 Å². The summed E-state index contributed by atoms with van der Waals surface area (Å²) in [5.41, 5.74) is 2.10. The Morgan fingerprint density at radius 1 is 1.00 bits per heavy atom. The van der Waals surface area contributed by atoms with Crippen LogP contribution in [0.15, 0.2) is 42.5 Å². The zero-order valence-electron chi connectivity index (χ0n) is 16.8. The highest BCUT2D eigenvalue weighted by Gasteiger charge is 2.26. The van der Waals surface area contributed by atoms with E-state index in [-0.39, 0.29) is 36.5 Å². The molecule has 7 heteroatoms. The molecule has 1 aliphatic rings. The van der Waals surface area contributed by atoms with Crippen LogP contribution in [0.3, 0.4) is 0 Å². The number of rotatable bonds is 6. The van der Waals surface area contributed by atoms with E-state index in [1.807, 2.05) is 19.1 Å². The van der Waals surface area contributed by atoms with Gasteiger partial charge < -0.3 is 10.2 Å². The number of nitrogens with one attached hydrogen (secondary N) is 1. The molecule has 5 nitrogen and oxygen atoms in total. The predicted molar refractivity (Wildman–Crippen MR) is 118 cm³/mol. The number of ketones is 1. The van der Waals surface area contributed by atoms with Crippen LogP contribution in [0.5, 0.6) is 0 Å². The first-order chi connectivity index (χ1) is 14.3. The van der Waals surface area contributed by atoms with Crippen molar-refractivity contribution in [3.05, 3.63) is 69.2 Å². The average Bonchev–Trinajstić information content (AvgIpc) is 2.74. The van der Waals surface area contributed by atoms with Gasteiger partial charge in [-0.1, -0.05) is 53.0 Å². The lowest BCUT2D eigenvalue weighted by molar-refractivity contribution is -0.122. The van der Waals surface area contributed by atoms with E-state index in [1.165, 1.54) is 0 Å². The standard InChI is InChI=1S/C23H24Cl2N2O3/c1-15-2-4-16(5-3-15)21(28)8-9-22(29)26-18-10-12-27(13-11-18)23(30)19-14-17(24)6-7-20(19)25/h2-7,14,18H,8-13H2,1H3,(H,26,29). The number of halogens is 2. The van der Waals surface area contributed by atoms with Gasteiger partial charge in [-0.3, -0.25) is 14.4 Å². The molecule has 0 saturated carbocycles. The number of benzene rings is 2. The molecule has 2 aromatic rings. The van der Waals surface area contributed by atoms with Gasteiger partial charge in [0.15, 0.2) is 5.78 Å². The topological polar surface area (TPSA) is 66.5 Å². The number of carbonyl (C=O) groups is 3. The van der Waals surface area contributed by atoms with Gasteiger partial charge in [0.2, 0.25) is 5.91 Å². The number of amides is 2. The molecule has 3 rings (SSSR count). The summed E-state index contributed by atoms with van der Waals surface area (Å²) >= 11 is 12.1. The van der Waals surface area contributed by atoms with Crippen LogP contribution in [0.25, 0.3) is 0 Å². The third-order valence-corrected chi connectivity index (χ3v) is 5.82. The SMILES string of the molecule is Cc1ccc(C(=O)CCC(=O)NC2CCN(C(=O)c3cc(Cl)ccc3Cl)CC2)cc1. The molecule has 1 fully saturated rings. The monoisotopic (exact) mass is 446 g/mol. The highest BCUT2D eigenvalue weighted by Crippen LogP contribution is 2.23. The van der Waals surface area contributed by atoms with Crippen LogP contribution >= 0.6 is 23.2 Å². The number of nitrogens with zero attached hydrogens (tertiary/aromatic N) is 1. The molecule has 2 aromatic carbocycles. The predicted octanol–water partition coefficient (Wildman–Crippen LogP) is 4.69. The van der Waals surface area contributed by atoms with Crippen molar-refractivity contribution in [1.82, 2.24) is 10.2 Å². The maximum Gasteiger partial charge on any atom is 0.255 e. The third kappa shape index (κ3) is 5.83. The molecular formula is C23H24Cl2N2O3. The number of likely N-dealkylation sites (tertiary alicyclic amines) is 1. The molecule has 2 amide bonds. The lowest BCUT2D eigenvalue weighted by atomic mass is 10.0. The number of aryl methyl sites for hydroxylation is 1. The van der Waals surface area contributed by atoms with Crippen molar-refractivity contribution >= 4 is 40.8 Å². The van der Waals surface area contributed by atoms with Crippen LogP contribution < -0.4 is 5.32 Å². The Morgan fingerprint density at radius 3 is 2.33 bits per heavy atom. The highest BCUT2D eigenvalue weighted by molar-refractivity contribution is 6.35. The second kappa shape index (κ2) is 10.1. The van der Waals surface area contributed by atoms with Crippen molar-refractivity contribution in [1.29, 1.82) is 0 Å². The van der Waals surface area contributed by atoms with Crippen molar-refractivity contribution in [3.8, 4) is 0 Å². The molecule has 0 spiro atoms. The maximum absolute atomic E-state index is 12.7. The van der Waals surface area contributed by atoms with Crippen LogP contribution in [0.4, 0.5) is 0 Å². The van der Waals surface area contributed by atoms with E-state index in [0.717, 1.165) is 5.56 Å². The molecule has 0 aliphatic carbocycles. The van der Waals surface area contributed by atoms with Gasteiger partial charge >= 0.3 is 0 Å². The second-order valence-corrected chi connectivity index (χ2v) is 8.39. The molecule has 1 aliphatic heterocycles. The molecule has 0 atom stereocenters. The summed E-state index contributed by atoms with van der Waals surface area (Å²) in [5, 5.41) is 3.81. The van der Waals surface area contributed by atoms with Crippen LogP contribution in [0, 0.1) is 6.92 Å². The van der Waals surface area contributed by atoms with E-state index >= 15 is 0 Å². The number of hydrogen-bond acceptors (Lipinski definition) is 3. The first-order valence-corrected chi connectivity index (χ1v) is 10.7. The minimum atomic E-state index is -0.157. The van der Waals surface area contributed by atoms with E-state index in [9.17, 15) is 14.4 Å². The number of hydrogen-bond donors (Lipinski definition) is 1. The Morgan fingerprint density at radius 2 is 1.67 bits per heavy atom. The van der Waals surface area contributed by atoms with Gasteiger partial charge in [-0.2, -0.15) is 0 Å². The number of carbonyl (C=O) groups excluding carboxylic acids is 3. The van der Waals surface area contributed by atoms with Gasteiger partial charge in [-0.05, 0) is 38.0 Å². The minimum Gasteiger partial charge on any atom is -0.353 e.